The number of amides is 1. The van der Waals surface area contributed by atoms with Crippen LogP contribution in [0.3, 0.4) is 0 Å². The monoisotopic (exact) mass is 299 g/mol. The highest BCUT2D eigenvalue weighted by molar-refractivity contribution is 5.98. The Morgan fingerprint density at radius 3 is 3.00 bits per heavy atom. The van der Waals surface area contributed by atoms with Gasteiger partial charge in [0.05, 0.1) is 11.9 Å². The Hall–Kier alpha value is -3.09. The predicted molar refractivity (Wildman–Crippen MR) is 82.6 cm³/mol. The van der Waals surface area contributed by atoms with E-state index in [4.69, 9.17) is 5.73 Å². The Balaban J connectivity index is 1.62. The minimum absolute atomic E-state index is 0.259. The van der Waals surface area contributed by atoms with Crippen molar-refractivity contribution in [1.29, 1.82) is 0 Å². The summed E-state index contributed by atoms with van der Waals surface area (Å²) < 4.78 is 13.1. The van der Waals surface area contributed by atoms with E-state index in [1.165, 1.54) is 12.1 Å². The number of hydrogen-bond acceptors (Lipinski definition) is 3. The summed E-state index contributed by atoms with van der Waals surface area (Å²) in [6.45, 7) is 0.349. The molecule has 6 nitrogen and oxygen atoms in total. The second kappa shape index (κ2) is 5.72. The Labute approximate surface area is 125 Å². The Bertz CT molecular complexity index is 849. The van der Waals surface area contributed by atoms with E-state index >= 15 is 0 Å². The van der Waals surface area contributed by atoms with Gasteiger partial charge in [-0.05, 0) is 30.3 Å². The van der Waals surface area contributed by atoms with Crippen molar-refractivity contribution in [3.63, 3.8) is 0 Å². The van der Waals surface area contributed by atoms with Gasteiger partial charge < -0.3 is 21.0 Å². The van der Waals surface area contributed by atoms with Crippen LogP contribution in [0.5, 0.6) is 0 Å². The molecular formula is C15H14FN5O. The van der Waals surface area contributed by atoms with Crippen molar-refractivity contribution in [2.75, 3.05) is 12.3 Å². The van der Waals surface area contributed by atoms with Crippen molar-refractivity contribution in [1.82, 2.24) is 20.3 Å². The molecule has 1 amide bonds. The smallest absolute Gasteiger partial charge is 0.267 e. The largest absolute Gasteiger partial charge is 0.369 e. The molecule has 0 aliphatic carbocycles. The highest BCUT2D eigenvalue weighted by Crippen LogP contribution is 2.16. The lowest BCUT2D eigenvalue weighted by Crippen LogP contribution is -2.23. The van der Waals surface area contributed by atoms with E-state index in [0.717, 1.165) is 11.2 Å². The number of carbonyl (C=O) groups is 1. The van der Waals surface area contributed by atoms with E-state index in [2.05, 4.69) is 20.3 Å². The second-order valence-corrected chi connectivity index (χ2v) is 4.75. The number of halogens is 1. The molecule has 0 aliphatic heterocycles. The van der Waals surface area contributed by atoms with Crippen LogP contribution in [0.2, 0.25) is 0 Å². The summed E-state index contributed by atoms with van der Waals surface area (Å²) in [6.07, 6.45) is 5.14. The summed E-state index contributed by atoms with van der Waals surface area (Å²) >= 11 is 0. The van der Waals surface area contributed by atoms with E-state index < -0.39 is 0 Å². The maximum absolute atomic E-state index is 13.1. The number of nitrogen functional groups attached to an aromatic ring is 1. The quantitative estimate of drug-likeness (QED) is 0.593. The molecule has 3 aromatic rings. The molecule has 2 aromatic heterocycles. The summed E-state index contributed by atoms with van der Waals surface area (Å²) in [5, 5.41) is 3.40. The number of carbonyl (C=O) groups excluding carboxylic acids is 1. The molecule has 22 heavy (non-hydrogen) atoms. The first-order chi connectivity index (χ1) is 10.6. The lowest BCUT2D eigenvalue weighted by Gasteiger charge is -1.98. The Kier molecular flexibility index (Phi) is 3.61. The van der Waals surface area contributed by atoms with Gasteiger partial charge in [-0.15, -0.1) is 0 Å². The average Bonchev–Trinajstić information content (AvgIpc) is 3.09. The summed E-state index contributed by atoms with van der Waals surface area (Å²) in [4.78, 5) is 21.7. The molecule has 0 saturated carbocycles. The molecule has 0 atom stereocenters. The minimum atomic E-state index is -0.333. The molecule has 112 valence electrons. The van der Waals surface area contributed by atoms with Crippen LogP contribution in [0, 0.1) is 5.82 Å². The number of nitrogens with zero attached hydrogens (tertiary/aromatic N) is 1. The van der Waals surface area contributed by atoms with Gasteiger partial charge in [0.1, 0.15) is 11.5 Å². The van der Waals surface area contributed by atoms with Crippen LogP contribution in [0.4, 0.5) is 10.3 Å². The zero-order chi connectivity index (χ0) is 15.5. The zero-order valence-corrected chi connectivity index (χ0v) is 11.6. The fourth-order valence-corrected chi connectivity index (χ4v) is 2.09. The van der Waals surface area contributed by atoms with Gasteiger partial charge in [0, 0.05) is 17.4 Å². The number of rotatable bonds is 4. The number of anilines is 1. The molecule has 7 heteroatoms. The number of H-pyrrole nitrogens is 2. The molecule has 5 N–H and O–H groups in total. The van der Waals surface area contributed by atoms with Crippen molar-refractivity contribution in [3.05, 3.63) is 53.7 Å². The number of fused-ring (bicyclic) bond motifs is 1. The first kappa shape index (κ1) is 13.9. The molecule has 2 heterocycles. The molecule has 0 unspecified atom stereocenters. The van der Waals surface area contributed by atoms with Crippen molar-refractivity contribution in [2.24, 2.45) is 0 Å². The molecule has 1 aromatic carbocycles. The van der Waals surface area contributed by atoms with Crippen molar-refractivity contribution in [3.8, 4) is 0 Å². The third-order valence-corrected chi connectivity index (χ3v) is 3.12. The standard InChI is InChI=1S/C15H14FN5O/c16-10-3-4-12-9(6-10)7-13(21-12)14(22)18-5-1-2-11-8-19-15(17)20-11/h1-4,6-8,21H,5H2,(H,18,22)(H3,17,19,20)/b2-1+. The topological polar surface area (TPSA) is 99.6 Å². The van der Waals surface area contributed by atoms with Crippen molar-refractivity contribution < 1.29 is 9.18 Å². The van der Waals surface area contributed by atoms with Crippen LogP contribution in [0.25, 0.3) is 17.0 Å². The summed E-state index contributed by atoms with van der Waals surface area (Å²) in [6, 6.07) is 5.95. The molecule has 0 fully saturated rings. The van der Waals surface area contributed by atoms with Crippen LogP contribution in [-0.2, 0) is 0 Å². The number of benzene rings is 1. The van der Waals surface area contributed by atoms with Crippen LogP contribution >= 0.6 is 0 Å². The zero-order valence-electron chi connectivity index (χ0n) is 11.6. The van der Waals surface area contributed by atoms with E-state index in [1.54, 1.807) is 30.5 Å². The number of hydrogen-bond donors (Lipinski definition) is 4. The molecule has 3 rings (SSSR count). The minimum Gasteiger partial charge on any atom is -0.369 e. The van der Waals surface area contributed by atoms with Gasteiger partial charge in [0.15, 0.2) is 5.95 Å². The number of aromatic nitrogens is 3. The van der Waals surface area contributed by atoms with Crippen molar-refractivity contribution in [2.45, 2.75) is 0 Å². The fourth-order valence-electron chi connectivity index (χ4n) is 2.09. The molecule has 0 saturated heterocycles. The summed E-state index contributed by atoms with van der Waals surface area (Å²) in [7, 11) is 0. The van der Waals surface area contributed by atoms with Gasteiger partial charge in [-0.25, -0.2) is 9.37 Å². The van der Waals surface area contributed by atoms with Gasteiger partial charge in [-0.2, -0.15) is 0 Å². The first-order valence-electron chi connectivity index (χ1n) is 6.65. The number of imidazole rings is 1. The van der Waals surface area contributed by atoms with E-state index in [-0.39, 0.29) is 11.7 Å². The SMILES string of the molecule is Nc1ncc(/C=C/CNC(=O)c2cc3cc(F)ccc3[nH]2)[nH]1. The van der Waals surface area contributed by atoms with Gasteiger partial charge in [0.2, 0.25) is 0 Å². The highest BCUT2D eigenvalue weighted by Gasteiger charge is 2.08. The maximum atomic E-state index is 13.1. The summed E-state index contributed by atoms with van der Waals surface area (Å²) in [5.41, 5.74) is 7.32. The lowest BCUT2D eigenvalue weighted by atomic mass is 10.2. The van der Waals surface area contributed by atoms with Crippen LogP contribution in [0.15, 0.2) is 36.5 Å². The predicted octanol–water partition coefficient (Wildman–Crippen LogP) is 2.06. The van der Waals surface area contributed by atoms with Crippen molar-refractivity contribution >= 4 is 28.8 Å². The van der Waals surface area contributed by atoms with Crippen LogP contribution < -0.4 is 11.1 Å². The van der Waals surface area contributed by atoms with Gasteiger partial charge >= 0.3 is 0 Å². The van der Waals surface area contributed by atoms with Crippen LogP contribution in [0.1, 0.15) is 16.2 Å². The van der Waals surface area contributed by atoms with Gasteiger partial charge in [-0.3, -0.25) is 4.79 Å². The average molecular weight is 299 g/mol. The van der Waals surface area contributed by atoms with Gasteiger partial charge in [-0.1, -0.05) is 6.08 Å². The molecule has 0 spiro atoms. The number of nitrogens with two attached hydrogens (primary N) is 1. The first-order valence-corrected chi connectivity index (χ1v) is 6.65. The fraction of sp³-hybridized carbons (Fsp3) is 0.0667. The van der Waals surface area contributed by atoms with E-state index in [0.29, 0.717) is 23.6 Å². The number of nitrogens with one attached hydrogen (secondary N) is 3. The number of aromatic amines is 2. The Morgan fingerprint density at radius 1 is 1.36 bits per heavy atom. The van der Waals surface area contributed by atoms with Gasteiger partial charge in [0.25, 0.3) is 5.91 Å². The highest BCUT2D eigenvalue weighted by atomic mass is 19.1. The molecule has 0 aliphatic rings. The Morgan fingerprint density at radius 2 is 2.23 bits per heavy atom. The van der Waals surface area contributed by atoms with E-state index in [1.807, 2.05) is 0 Å². The third-order valence-electron chi connectivity index (χ3n) is 3.12. The van der Waals surface area contributed by atoms with E-state index in [9.17, 15) is 9.18 Å². The van der Waals surface area contributed by atoms with Crippen LogP contribution in [-0.4, -0.2) is 27.4 Å². The molecule has 0 radical (unpaired) electrons. The lowest BCUT2D eigenvalue weighted by molar-refractivity contribution is 0.0954. The third kappa shape index (κ3) is 2.98. The normalized spacial score (nSPS) is 11.3. The summed E-state index contributed by atoms with van der Waals surface area (Å²) in [5.74, 6) is -0.250. The maximum Gasteiger partial charge on any atom is 0.267 e. The molecule has 0 bridgehead atoms. The second-order valence-electron chi connectivity index (χ2n) is 4.75. The molecular weight excluding hydrogens is 285 g/mol.